The molecule has 14 heavy (non-hydrogen) atoms. The molecule has 1 aromatic heterocycles. The van der Waals surface area contributed by atoms with Crippen LogP contribution in [0.3, 0.4) is 0 Å². The third kappa shape index (κ3) is 3.10. The predicted molar refractivity (Wildman–Crippen MR) is 54.9 cm³/mol. The lowest BCUT2D eigenvalue weighted by Crippen LogP contribution is -2.09. The molecule has 0 aromatic carbocycles. The van der Waals surface area contributed by atoms with Crippen LogP contribution in [0.25, 0.3) is 0 Å². The first kappa shape index (κ1) is 11.2. The first-order chi connectivity index (χ1) is 6.80. The van der Waals surface area contributed by atoms with Crippen LogP contribution in [0.2, 0.25) is 0 Å². The van der Waals surface area contributed by atoms with Crippen molar-refractivity contribution in [1.82, 2.24) is 15.0 Å². The van der Waals surface area contributed by atoms with E-state index in [1.807, 2.05) is 10.9 Å². The van der Waals surface area contributed by atoms with Gasteiger partial charge >= 0.3 is 0 Å². The summed E-state index contributed by atoms with van der Waals surface area (Å²) in [7, 11) is 0. The summed E-state index contributed by atoms with van der Waals surface area (Å²) in [5.41, 5.74) is 0.874. The van der Waals surface area contributed by atoms with Crippen molar-refractivity contribution in [2.45, 2.75) is 39.7 Å². The molecular weight excluding hydrogens is 178 g/mol. The molecule has 4 heteroatoms. The van der Waals surface area contributed by atoms with Crippen LogP contribution in [0.5, 0.6) is 0 Å². The zero-order chi connectivity index (χ0) is 10.4. The average molecular weight is 197 g/mol. The molecule has 0 bridgehead atoms. The van der Waals surface area contributed by atoms with E-state index < -0.39 is 0 Å². The van der Waals surface area contributed by atoms with E-state index in [4.69, 9.17) is 5.11 Å². The molecule has 0 atom stereocenters. The van der Waals surface area contributed by atoms with E-state index in [1.165, 1.54) is 12.8 Å². The SMILES string of the molecule is CCC(CC)Cn1cc(CCO)nn1. The van der Waals surface area contributed by atoms with Gasteiger partial charge in [-0.2, -0.15) is 0 Å². The van der Waals surface area contributed by atoms with E-state index in [1.54, 1.807) is 0 Å². The molecule has 0 aliphatic rings. The van der Waals surface area contributed by atoms with Crippen molar-refractivity contribution in [3.8, 4) is 0 Å². The van der Waals surface area contributed by atoms with E-state index in [2.05, 4.69) is 24.2 Å². The van der Waals surface area contributed by atoms with Crippen molar-refractivity contribution in [3.63, 3.8) is 0 Å². The summed E-state index contributed by atoms with van der Waals surface area (Å²) in [6, 6.07) is 0. The second-order valence-electron chi connectivity index (χ2n) is 3.59. The fourth-order valence-electron chi connectivity index (χ4n) is 1.47. The van der Waals surface area contributed by atoms with E-state index >= 15 is 0 Å². The smallest absolute Gasteiger partial charge is 0.0849 e. The van der Waals surface area contributed by atoms with Crippen LogP contribution in [-0.4, -0.2) is 26.7 Å². The second kappa shape index (κ2) is 5.75. The van der Waals surface area contributed by atoms with Crippen LogP contribution in [0.4, 0.5) is 0 Å². The Labute approximate surface area is 84.9 Å². The average Bonchev–Trinajstić information content (AvgIpc) is 2.63. The van der Waals surface area contributed by atoms with Gasteiger partial charge in [-0.1, -0.05) is 31.9 Å². The highest BCUT2D eigenvalue weighted by atomic mass is 16.3. The molecule has 0 amide bonds. The molecular formula is C10H19N3O. The van der Waals surface area contributed by atoms with Crippen molar-refractivity contribution in [1.29, 1.82) is 0 Å². The molecule has 1 N–H and O–H groups in total. The number of nitrogens with zero attached hydrogens (tertiary/aromatic N) is 3. The van der Waals surface area contributed by atoms with E-state index in [9.17, 15) is 0 Å². The number of rotatable bonds is 6. The fraction of sp³-hybridized carbons (Fsp3) is 0.800. The molecule has 0 fully saturated rings. The third-order valence-corrected chi connectivity index (χ3v) is 2.55. The standard InChI is InChI=1S/C10H19N3O/c1-3-9(4-2)7-13-8-10(5-6-14)11-12-13/h8-9,14H,3-7H2,1-2H3. The van der Waals surface area contributed by atoms with Crippen molar-refractivity contribution in [2.24, 2.45) is 5.92 Å². The minimum absolute atomic E-state index is 0.143. The first-order valence-corrected chi connectivity index (χ1v) is 5.30. The number of aromatic nitrogens is 3. The van der Waals surface area contributed by atoms with Gasteiger partial charge in [0.1, 0.15) is 0 Å². The molecule has 0 saturated heterocycles. The van der Waals surface area contributed by atoms with Gasteiger partial charge in [-0.05, 0) is 5.92 Å². The highest BCUT2D eigenvalue weighted by Gasteiger charge is 2.06. The summed E-state index contributed by atoms with van der Waals surface area (Å²) < 4.78 is 1.88. The van der Waals surface area contributed by atoms with E-state index in [-0.39, 0.29) is 6.61 Å². The van der Waals surface area contributed by atoms with Crippen LogP contribution in [0, 0.1) is 5.92 Å². The van der Waals surface area contributed by atoms with Gasteiger partial charge in [0.2, 0.25) is 0 Å². The van der Waals surface area contributed by atoms with Gasteiger partial charge in [-0.15, -0.1) is 5.10 Å². The Morgan fingerprint density at radius 2 is 2.14 bits per heavy atom. The Bertz CT molecular complexity index is 256. The molecule has 0 saturated carbocycles. The zero-order valence-electron chi connectivity index (χ0n) is 8.98. The van der Waals surface area contributed by atoms with Gasteiger partial charge in [-0.25, -0.2) is 0 Å². The number of hydrogen-bond acceptors (Lipinski definition) is 3. The lowest BCUT2D eigenvalue weighted by Gasteiger charge is -2.10. The van der Waals surface area contributed by atoms with Crippen molar-refractivity contribution >= 4 is 0 Å². The van der Waals surface area contributed by atoms with Gasteiger partial charge in [0.25, 0.3) is 0 Å². The molecule has 0 aliphatic carbocycles. The van der Waals surface area contributed by atoms with Crippen LogP contribution < -0.4 is 0 Å². The summed E-state index contributed by atoms with van der Waals surface area (Å²) >= 11 is 0. The van der Waals surface area contributed by atoms with Gasteiger partial charge in [0.15, 0.2) is 0 Å². The Balaban J connectivity index is 2.49. The summed E-state index contributed by atoms with van der Waals surface area (Å²) in [5.74, 6) is 0.679. The van der Waals surface area contributed by atoms with Crippen molar-refractivity contribution < 1.29 is 5.11 Å². The highest BCUT2D eigenvalue weighted by Crippen LogP contribution is 2.10. The maximum atomic E-state index is 8.73. The van der Waals surface area contributed by atoms with Gasteiger partial charge < -0.3 is 5.11 Å². The summed E-state index contributed by atoms with van der Waals surface area (Å²) in [6.07, 6.45) is 4.87. The van der Waals surface area contributed by atoms with Crippen LogP contribution in [0.1, 0.15) is 32.4 Å². The molecule has 0 aliphatic heterocycles. The second-order valence-corrected chi connectivity index (χ2v) is 3.59. The van der Waals surface area contributed by atoms with Gasteiger partial charge in [0, 0.05) is 25.8 Å². The topological polar surface area (TPSA) is 50.9 Å². The molecule has 1 rings (SSSR count). The predicted octanol–water partition coefficient (Wildman–Crippen LogP) is 1.25. The lowest BCUT2D eigenvalue weighted by molar-refractivity contribution is 0.298. The molecule has 1 heterocycles. The Kier molecular flexibility index (Phi) is 4.59. The largest absolute Gasteiger partial charge is 0.396 e. The van der Waals surface area contributed by atoms with Crippen LogP contribution in [-0.2, 0) is 13.0 Å². The Morgan fingerprint density at radius 1 is 1.43 bits per heavy atom. The molecule has 0 radical (unpaired) electrons. The molecule has 4 nitrogen and oxygen atoms in total. The summed E-state index contributed by atoms with van der Waals surface area (Å²) in [6.45, 7) is 5.47. The Morgan fingerprint density at radius 3 is 2.71 bits per heavy atom. The number of aliphatic hydroxyl groups is 1. The zero-order valence-corrected chi connectivity index (χ0v) is 8.98. The van der Waals surface area contributed by atoms with Crippen molar-refractivity contribution in [2.75, 3.05) is 6.61 Å². The third-order valence-electron chi connectivity index (χ3n) is 2.55. The lowest BCUT2D eigenvalue weighted by atomic mass is 10.0. The van der Waals surface area contributed by atoms with Crippen LogP contribution >= 0.6 is 0 Å². The maximum absolute atomic E-state index is 8.73. The molecule has 1 aromatic rings. The minimum Gasteiger partial charge on any atom is -0.396 e. The summed E-state index contributed by atoms with van der Waals surface area (Å²) in [4.78, 5) is 0. The maximum Gasteiger partial charge on any atom is 0.0849 e. The fourth-order valence-corrected chi connectivity index (χ4v) is 1.47. The Hall–Kier alpha value is -0.900. The quantitative estimate of drug-likeness (QED) is 0.746. The number of aliphatic hydroxyl groups excluding tert-OH is 1. The minimum atomic E-state index is 0.143. The monoisotopic (exact) mass is 197 g/mol. The van der Waals surface area contributed by atoms with Crippen molar-refractivity contribution in [3.05, 3.63) is 11.9 Å². The number of hydrogen-bond donors (Lipinski definition) is 1. The van der Waals surface area contributed by atoms with Crippen LogP contribution in [0.15, 0.2) is 6.20 Å². The molecule has 0 unspecified atom stereocenters. The van der Waals surface area contributed by atoms with Gasteiger partial charge in [0.05, 0.1) is 5.69 Å². The summed E-state index contributed by atoms with van der Waals surface area (Å²) in [5, 5.41) is 16.7. The molecule has 0 spiro atoms. The van der Waals surface area contributed by atoms with E-state index in [0.29, 0.717) is 12.3 Å². The van der Waals surface area contributed by atoms with Gasteiger partial charge in [-0.3, -0.25) is 4.68 Å². The highest BCUT2D eigenvalue weighted by molar-refractivity contribution is 4.92. The molecule has 80 valence electrons. The first-order valence-electron chi connectivity index (χ1n) is 5.30. The normalized spacial score (nSPS) is 11.1. The van der Waals surface area contributed by atoms with E-state index in [0.717, 1.165) is 12.2 Å².